The zero-order valence-corrected chi connectivity index (χ0v) is 8.74. The molecule has 0 spiro atoms. The van der Waals surface area contributed by atoms with E-state index in [0.717, 1.165) is 0 Å². The Morgan fingerprint density at radius 1 is 1.56 bits per heavy atom. The molecule has 1 amide bonds. The third-order valence-electron chi connectivity index (χ3n) is 2.00. The molecule has 90 valence electrons. The van der Waals surface area contributed by atoms with Crippen LogP contribution in [-0.2, 0) is 6.42 Å². The summed E-state index contributed by atoms with van der Waals surface area (Å²) in [4.78, 5) is 11.3. The van der Waals surface area contributed by atoms with Gasteiger partial charge in [0, 0.05) is 13.0 Å². The summed E-state index contributed by atoms with van der Waals surface area (Å²) in [5.41, 5.74) is 0. The first-order valence-electron chi connectivity index (χ1n) is 4.87. The van der Waals surface area contributed by atoms with Crippen molar-refractivity contribution < 1.29 is 23.1 Å². The lowest BCUT2D eigenvalue weighted by Crippen LogP contribution is -2.35. The number of hydrogen-bond donors (Lipinski definition) is 2. The Morgan fingerprint density at radius 2 is 2.25 bits per heavy atom. The third kappa shape index (κ3) is 3.30. The van der Waals surface area contributed by atoms with Crippen LogP contribution in [0, 0.1) is 0 Å². The van der Waals surface area contributed by atoms with Gasteiger partial charge in [0.1, 0.15) is 11.9 Å². The van der Waals surface area contributed by atoms with Crippen molar-refractivity contribution in [2.45, 2.75) is 25.9 Å². The second-order valence-corrected chi connectivity index (χ2v) is 3.23. The molecule has 1 unspecified atom stereocenters. The number of aliphatic hydroxyl groups is 1. The van der Waals surface area contributed by atoms with Crippen molar-refractivity contribution in [3.63, 3.8) is 0 Å². The van der Waals surface area contributed by atoms with E-state index in [4.69, 9.17) is 9.52 Å². The Morgan fingerprint density at radius 3 is 2.75 bits per heavy atom. The lowest BCUT2D eigenvalue weighted by molar-refractivity contribution is -0.00284. The van der Waals surface area contributed by atoms with Crippen LogP contribution in [-0.4, -0.2) is 30.1 Å². The zero-order chi connectivity index (χ0) is 12.1. The molecule has 0 radical (unpaired) electrons. The van der Waals surface area contributed by atoms with E-state index in [9.17, 15) is 13.6 Å². The van der Waals surface area contributed by atoms with Crippen LogP contribution in [0.5, 0.6) is 0 Å². The first-order valence-corrected chi connectivity index (χ1v) is 4.87. The molecule has 0 saturated heterocycles. The van der Waals surface area contributed by atoms with Gasteiger partial charge in [-0.25, -0.2) is 8.78 Å². The highest BCUT2D eigenvalue weighted by molar-refractivity contribution is 5.91. The van der Waals surface area contributed by atoms with E-state index in [1.165, 1.54) is 6.07 Å². The van der Waals surface area contributed by atoms with Gasteiger partial charge in [0.05, 0.1) is 0 Å². The Bertz CT molecular complexity index is 352. The van der Waals surface area contributed by atoms with Crippen LogP contribution in [0.25, 0.3) is 0 Å². The summed E-state index contributed by atoms with van der Waals surface area (Å²) >= 11 is 0. The number of hydrogen-bond acceptors (Lipinski definition) is 3. The Labute approximate surface area is 91.3 Å². The molecule has 1 aromatic rings. The summed E-state index contributed by atoms with van der Waals surface area (Å²) in [6.07, 6.45) is -4.08. The molecular formula is C10H13F2NO3. The zero-order valence-electron chi connectivity index (χ0n) is 8.74. The normalized spacial score (nSPS) is 12.8. The molecule has 0 aliphatic carbocycles. The molecular weight excluding hydrogens is 220 g/mol. The minimum Gasteiger partial charge on any atom is -0.456 e. The lowest BCUT2D eigenvalue weighted by Gasteiger charge is -2.09. The average molecular weight is 233 g/mol. The minimum absolute atomic E-state index is 0.0540. The molecule has 0 aliphatic rings. The summed E-state index contributed by atoms with van der Waals surface area (Å²) in [6, 6.07) is 3.10. The van der Waals surface area contributed by atoms with E-state index < -0.39 is 25.0 Å². The van der Waals surface area contributed by atoms with Crippen LogP contribution < -0.4 is 5.32 Å². The van der Waals surface area contributed by atoms with Crippen molar-refractivity contribution >= 4 is 5.91 Å². The quantitative estimate of drug-likeness (QED) is 0.803. The summed E-state index contributed by atoms with van der Waals surface area (Å²) in [5, 5.41) is 10.9. The lowest BCUT2D eigenvalue weighted by atomic mass is 10.3. The smallest absolute Gasteiger partial charge is 0.287 e. The van der Waals surface area contributed by atoms with E-state index in [1.807, 2.05) is 6.92 Å². The van der Waals surface area contributed by atoms with Crippen molar-refractivity contribution in [2.75, 3.05) is 6.54 Å². The van der Waals surface area contributed by atoms with Crippen LogP contribution in [0.1, 0.15) is 23.2 Å². The van der Waals surface area contributed by atoms with Gasteiger partial charge in [0.2, 0.25) is 0 Å². The second kappa shape index (κ2) is 5.60. The number of furan rings is 1. The van der Waals surface area contributed by atoms with Crippen molar-refractivity contribution in [2.24, 2.45) is 0 Å². The first-order chi connectivity index (χ1) is 7.54. The molecule has 6 heteroatoms. The molecule has 4 nitrogen and oxygen atoms in total. The average Bonchev–Trinajstić information content (AvgIpc) is 2.73. The summed E-state index contributed by atoms with van der Waals surface area (Å²) in [5.74, 6) is 0.0808. The third-order valence-corrected chi connectivity index (χ3v) is 2.00. The van der Waals surface area contributed by atoms with Crippen molar-refractivity contribution in [3.8, 4) is 0 Å². The van der Waals surface area contributed by atoms with Crippen LogP contribution >= 0.6 is 0 Å². The van der Waals surface area contributed by atoms with E-state index in [2.05, 4.69) is 5.32 Å². The van der Waals surface area contributed by atoms with E-state index in [-0.39, 0.29) is 5.76 Å². The monoisotopic (exact) mass is 233 g/mol. The van der Waals surface area contributed by atoms with Gasteiger partial charge >= 0.3 is 0 Å². The second-order valence-electron chi connectivity index (χ2n) is 3.23. The van der Waals surface area contributed by atoms with Gasteiger partial charge in [-0.1, -0.05) is 6.92 Å². The standard InChI is InChI=1S/C10H13F2NO3/c1-2-6-3-4-8(16-6)10(15)13-5-7(14)9(11)12/h3-4,7,9,14H,2,5H2,1H3,(H,13,15). The van der Waals surface area contributed by atoms with E-state index in [1.54, 1.807) is 6.07 Å². The summed E-state index contributed by atoms with van der Waals surface area (Å²) in [6.45, 7) is 1.36. The van der Waals surface area contributed by atoms with Crippen LogP contribution in [0.3, 0.4) is 0 Å². The maximum atomic E-state index is 11.9. The highest BCUT2D eigenvalue weighted by Crippen LogP contribution is 2.08. The molecule has 0 aromatic carbocycles. The maximum absolute atomic E-state index is 11.9. The van der Waals surface area contributed by atoms with E-state index >= 15 is 0 Å². The number of aliphatic hydroxyl groups excluding tert-OH is 1. The maximum Gasteiger partial charge on any atom is 0.287 e. The molecule has 1 rings (SSSR count). The molecule has 0 saturated carbocycles. The highest BCUT2D eigenvalue weighted by atomic mass is 19.3. The fourth-order valence-corrected chi connectivity index (χ4v) is 1.06. The predicted octanol–water partition coefficient (Wildman–Crippen LogP) is 1.20. The van der Waals surface area contributed by atoms with Crippen LogP contribution in [0.4, 0.5) is 8.78 Å². The molecule has 16 heavy (non-hydrogen) atoms. The van der Waals surface area contributed by atoms with Crippen molar-refractivity contribution in [1.29, 1.82) is 0 Å². The molecule has 0 bridgehead atoms. The predicted molar refractivity (Wildman–Crippen MR) is 52.4 cm³/mol. The van der Waals surface area contributed by atoms with Crippen LogP contribution in [0.15, 0.2) is 16.5 Å². The van der Waals surface area contributed by atoms with E-state index in [0.29, 0.717) is 12.2 Å². The molecule has 1 aromatic heterocycles. The summed E-state index contributed by atoms with van der Waals surface area (Å²) < 4.78 is 28.9. The number of aryl methyl sites for hydroxylation is 1. The fourth-order valence-electron chi connectivity index (χ4n) is 1.06. The Hall–Kier alpha value is -1.43. The molecule has 2 N–H and O–H groups in total. The van der Waals surface area contributed by atoms with Gasteiger partial charge < -0.3 is 14.8 Å². The fraction of sp³-hybridized carbons (Fsp3) is 0.500. The highest BCUT2D eigenvalue weighted by Gasteiger charge is 2.18. The number of alkyl halides is 2. The Kier molecular flexibility index (Phi) is 4.42. The number of halogens is 2. The van der Waals surface area contributed by atoms with Gasteiger partial charge in [-0.05, 0) is 12.1 Å². The topological polar surface area (TPSA) is 62.5 Å². The van der Waals surface area contributed by atoms with Crippen molar-refractivity contribution in [3.05, 3.63) is 23.7 Å². The van der Waals surface area contributed by atoms with Gasteiger partial charge in [-0.15, -0.1) is 0 Å². The van der Waals surface area contributed by atoms with Gasteiger partial charge in [-0.3, -0.25) is 4.79 Å². The SMILES string of the molecule is CCc1ccc(C(=O)NCC(O)C(F)F)o1. The molecule has 0 fully saturated rings. The summed E-state index contributed by atoms with van der Waals surface area (Å²) in [7, 11) is 0. The number of amides is 1. The number of rotatable bonds is 5. The van der Waals surface area contributed by atoms with Crippen molar-refractivity contribution in [1.82, 2.24) is 5.32 Å². The van der Waals surface area contributed by atoms with Gasteiger partial charge in [0.15, 0.2) is 5.76 Å². The molecule has 1 heterocycles. The van der Waals surface area contributed by atoms with Crippen LogP contribution in [0.2, 0.25) is 0 Å². The van der Waals surface area contributed by atoms with Gasteiger partial charge in [-0.2, -0.15) is 0 Å². The molecule has 1 atom stereocenters. The number of nitrogens with one attached hydrogen (secondary N) is 1. The number of carbonyl (C=O) groups is 1. The number of carbonyl (C=O) groups excluding carboxylic acids is 1. The molecule has 0 aliphatic heterocycles. The van der Waals surface area contributed by atoms with Gasteiger partial charge in [0.25, 0.3) is 12.3 Å². The largest absolute Gasteiger partial charge is 0.456 e. The Balaban J connectivity index is 2.46. The minimum atomic E-state index is -2.87. The first kappa shape index (κ1) is 12.6.